The van der Waals surface area contributed by atoms with Gasteiger partial charge in [-0.15, -0.1) is 12.4 Å². The van der Waals surface area contributed by atoms with E-state index in [0.717, 1.165) is 37.0 Å². The molecule has 154 valence electrons. The fourth-order valence-corrected chi connectivity index (χ4v) is 4.97. The van der Waals surface area contributed by atoms with Crippen LogP contribution in [0.15, 0.2) is 0 Å². The monoisotopic (exact) mass is 400 g/mol. The van der Waals surface area contributed by atoms with E-state index >= 15 is 0 Å². The molecule has 1 atom stereocenters. The van der Waals surface area contributed by atoms with Crippen LogP contribution in [-0.2, 0) is 9.59 Å². The topological polar surface area (TPSA) is 95.7 Å². The van der Waals surface area contributed by atoms with E-state index in [9.17, 15) is 14.4 Å². The van der Waals surface area contributed by atoms with Gasteiger partial charge in [-0.3, -0.25) is 14.5 Å². The van der Waals surface area contributed by atoms with Crippen LogP contribution in [0.4, 0.5) is 4.79 Å². The third-order valence-corrected chi connectivity index (χ3v) is 6.60. The first kappa shape index (κ1) is 22.0. The van der Waals surface area contributed by atoms with E-state index in [2.05, 4.69) is 5.32 Å². The molecule has 0 aromatic carbocycles. The van der Waals surface area contributed by atoms with Gasteiger partial charge in [0.15, 0.2) is 0 Å². The van der Waals surface area contributed by atoms with Crippen LogP contribution in [0, 0.1) is 5.92 Å². The molecule has 7 nitrogen and oxygen atoms in total. The summed E-state index contributed by atoms with van der Waals surface area (Å²) in [6.45, 7) is 0.190. The van der Waals surface area contributed by atoms with Gasteiger partial charge in [0.25, 0.3) is 5.91 Å². The summed E-state index contributed by atoms with van der Waals surface area (Å²) in [5.74, 6) is -0.0918. The second-order valence-corrected chi connectivity index (χ2v) is 8.13. The molecule has 8 heteroatoms. The van der Waals surface area contributed by atoms with Crippen molar-refractivity contribution in [2.24, 2.45) is 11.7 Å². The first-order chi connectivity index (χ1) is 12.5. The lowest BCUT2D eigenvalue weighted by Crippen LogP contribution is -2.51. The molecule has 3 aliphatic rings. The molecule has 3 rings (SSSR count). The van der Waals surface area contributed by atoms with Crippen molar-refractivity contribution in [3.8, 4) is 0 Å². The van der Waals surface area contributed by atoms with Gasteiger partial charge in [0.2, 0.25) is 5.91 Å². The molecular weight excluding hydrogens is 368 g/mol. The number of carbonyl (C=O) groups excluding carboxylic acids is 3. The Bertz CT molecular complexity index is 559. The molecule has 4 amide bonds. The fourth-order valence-electron chi connectivity index (χ4n) is 4.97. The van der Waals surface area contributed by atoms with Gasteiger partial charge in [-0.25, -0.2) is 4.79 Å². The van der Waals surface area contributed by atoms with Crippen molar-refractivity contribution in [2.75, 3.05) is 20.1 Å². The Morgan fingerprint density at radius 3 is 2.33 bits per heavy atom. The zero-order chi connectivity index (χ0) is 18.7. The largest absolute Gasteiger partial charge is 0.350 e. The molecule has 0 aromatic heterocycles. The third-order valence-electron chi connectivity index (χ3n) is 6.60. The number of carbonyl (C=O) groups is 3. The maximum atomic E-state index is 13.0. The number of rotatable bonds is 5. The summed E-state index contributed by atoms with van der Waals surface area (Å²) < 4.78 is 0. The third kappa shape index (κ3) is 4.24. The van der Waals surface area contributed by atoms with Crippen LogP contribution >= 0.6 is 12.4 Å². The molecule has 1 aliphatic heterocycles. The molecule has 2 aliphatic carbocycles. The minimum atomic E-state index is -0.730. The molecule has 1 unspecified atom stereocenters. The van der Waals surface area contributed by atoms with Gasteiger partial charge in [0, 0.05) is 19.6 Å². The highest BCUT2D eigenvalue weighted by Crippen LogP contribution is 2.39. The van der Waals surface area contributed by atoms with E-state index in [-0.39, 0.29) is 42.8 Å². The van der Waals surface area contributed by atoms with E-state index in [1.807, 2.05) is 0 Å². The Hall–Kier alpha value is -1.34. The zero-order valence-corrected chi connectivity index (χ0v) is 17.1. The summed E-state index contributed by atoms with van der Waals surface area (Å²) in [7, 11) is 1.69. The zero-order valence-electron chi connectivity index (χ0n) is 16.2. The molecule has 27 heavy (non-hydrogen) atoms. The number of hydrogen-bond donors (Lipinski definition) is 2. The molecule has 3 fully saturated rings. The number of amides is 4. The van der Waals surface area contributed by atoms with Crippen LogP contribution < -0.4 is 11.1 Å². The van der Waals surface area contributed by atoms with E-state index in [0.29, 0.717) is 25.3 Å². The van der Waals surface area contributed by atoms with Crippen LogP contribution in [0.5, 0.6) is 0 Å². The highest BCUT2D eigenvalue weighted by atomic mass is 35.5. The van der Waals surface area contributed by atoms with Crippen LogP contribution in [-0.4, -0.2) is 59.4 Å². The highest BCUT2D eigenvalue weighted by Gasteiger charge is 2.55. The maximum absolute atomic E-state index is 13.0. The molecule has 1 saturated heterocycles. The normalized spacial score (nSPS) is 24.1. The molecular formula is C19H33ClN4O3. The second-order valence-electron chi connectivity index (χ2n) is 8.13. The number of nitrogens with one attached hydrogen (secondary N) is 1. The minimum absolute atomic E-state index is 0. The maximum Gasteiger partial charge on any atom is 0.327 e. The SMILES string of the molecule is CN1C(=O)N(CC(=O)NC(CN)C2CCCCC2)C(=O)C12CCCCC2.Cl. The second kappa shape index (κ2) is 9.24. The molecule has 0 aromatic rings. The summed E-state index contributed by atoms with van der Waals surface area (Å²) in [4.78, 5) is 40.8. The molecule has 2 saturated carbocycles. The highest BCUT2D eigenvalue weighted by molar-refractivity contribution is 6.08. The van der Waals surface area contributed by atoms with Gasteiger partial charge in [0.05, 0.1) is 0 Å². The summed E-state index contributed by atoms with van der Waals surface area (Å²) in [5.41, 5.74) is 5.15. The molecule has 0 bridgehead atoms. The minimum Gasteiger partial charge on any atom is -0.350 e. The molecule has 1 heterocycles. The van der Waals surface area contributed by atoms with Gasteiger partial charge in [0.1, 0.15) is 12.1 Å². The molecule has 0 radical (unpaired) electrons. The summed E-state index contributed by atoms with van der Waals surface area (Å²) in [6.07, 6.45) is 10.1. The van der Waals surface area contributed by atoms with Crippen LogP contribution in [0.25, 0.3) is 0 Å². The lowest BCUT2D eigenvalue weighted by molar-refractivity contribution is -0.137. The Kier molecular flexibility index (Phi) is 7.51. The first-order valence-corrected chi connectivity index (χ1v) is 10.1. The van der Waals surface area contributed by atoms with Crippen molar-refractivity contribution in [1.29, 1.82) is 0 Å². The molecule has 1 spiro atoms. The van der Waals surface area contributed by atoms with E-state index in [1.54, 1.807) is 11.9 Å². The number of imide groups is 1. The quantitative estimate of drug-likeness (QED) is 0.690. The average molecular weight is 401 g/mol. The van der Waals surface area contributed by atoms with Gasteiger partial charge >= 0.3 is 6.03 Å². The number of nitrogens with zero attached hydrogens (tertiary/aromatic N) is 2. The number of likely N-dealkylation sites (N-methyl/N-ethyl adjacent to an activating group) is 1. The van der Waals surface area contributed by atoms with Gasteiger partial charge in [-0.05, 0) is 31.6 Å². The van der Waals surface area contributed by atoms with E-state index < -0.39 is 5.54 Å². The lowest BCUT2D eigenvalue weighted by Gasteiger charge is -2.35. The Morgan fingerprint density at radius 2 is 1.74 bits per heavy atom. The van der Waals surface area contributed by atoms with Gasteiger partial charge < -0.3 is 16.0 Å². The predicted octanol–water partition coefficient (Wildman–Crippen LogP) is 2.03. The molecule has 3 N–H and O–H groups in total. The van der Waals surface area contributed by atoms with Gasteiger partial charge in [-0.1, -0.05) is 38.5 Å². The van der Waals surface area contributed by atoms with Crippen molar-refractivity contribution >= 4 is 30.3 Å². The van der Waals surface area contributed by atoms with Crippen molar-refractivity contribution in [1.82, 2.24) is 15.1 Å². The van der Waals surface area contributed by atoms with Crippen LogP contribution in [0.3, 0.4) is 0 Å². The number of halogens is 1. The Labute approximate surface area is 167 Å². The predicted molar refractivity (Wildman–Crippen MR) is 105 cm³/mol. The fraction of sp³-hybridized carbons (Fsp3) is 0.842. The summed E-state index contributed by atoms with van der Waals surface area (Å²) in [5, 5.41) is 2.98. The van der Waals surface area contributed by atoms with E-state index in [1.165, 1.54) is 19.3 Å². The van der Waals surface area contributed by atoms with Crippen molar-refractivity contribution < 1.29 is 14.4 Å². The Morgan fingerprint density at radius 1 is 1.15 bits per heavy atom. The lowest BCUT2D eigenvalue weighted by atomic mass is 9.81. The summed E-state index contributed by atoms with van der Waals surface area (Å²) in [6, 6.07) is -0.425. The van der Waals surface area contributed by atoms with Crippen molar-refractivity contribution in [3.05, 3.63) is 0 Å². The van der Waals surface area contributed by atoms with Crippen molar-refractivity contribution in [2.45, 2.75) is 75.8 Å². The number of nitrogens with two attached hydrogens (primary N) is 1. The van der Waals surface area contributed by atoms with Crippen LogP contribution in [0.1, 0.15) is 64.2 Å². The standard InChI is InChI=1S/C19H32N4O3.ClH/c1-22-18(26)23(17(25)19(22)10-6-3-7-11-19)13-16(24)21-15(12-20)14-8-4-2-5-9-14;/h14-15H,2-13,20H2,1H3,(H,21,24);1H. The first-order valence-electron chi connectivity index (χ1n) is 10.1. The Balaban J connectivity index is 0.00000261. The van der Waals surface area contributed by atoms with E-state index in [4.69, 9.17) is 5.73 Å². The summed E-state index contributed by atoms with van der Waals surface area (Å²) >= 11 is 0. The average Bonchev–Trinajstić information content (AvgIpc) is 2.84. The number of hydrogen-bond acceptors (Lipinski definition) is 4. The number of urea groups is 1. The van der Waals surface area contributed by atoms with Crippen LogP contribution in [0.2, 0.25) is 0 Å². The van der Waals surface area contributed by atoms with Gasteiger partial charge in [-0.2, -0.15) is 0 Å². The smallest absolute Gasteiger partial charge is 0.327 e. The van der Waals surface area contributed by atoms with Crippen molar-refractivity contribution in [3.63, 3.8) is 0 Å².